The molecule has 0 aliphatic heterocycles. The fourth-order valence-electron chi connectivity index (χ4n) is 1.63. The number of rotatable bonds is 3. The summed E-state index contributed by atoms with van der Waals surface area (Å²) in [5.74, 6) is 0.589. The molecule has 0 aliphatic carbocycles. The Bertz CT molecular complexity index is 587. The SMILES string of the molecule is CCc1nc(-c2cncn2CC)[nH]c(=O)c1I. The normalized spacial score (nSPS) is 10.8. The molecule has 0 bridgehead atoms. The highest BCUT2D eigenvalue weighted by Crippen LogP contribution is 2.15. The van der Waals surface area contributed by atoms with Crippen molar-refractivity contribution in [2.45, 2.75) is 26.8 Å². The average Bonchev–Trinajstić information content (AvgIpc) is 2.80. The minimum atomic E-state index is -0.0868. The van der Waals surface area contributed by atoms with Gasteiger partial charge in [-0.2, -0.15) is 0 Å². The Balaban J connectivity index is 2.61. The molecule has 0 amide bonds. The van der Waals surface area contributed by atoms with Gasteiger partial charge in [-0.3, -0.25) is 4.79 Å². The van der Waals surface area contributed by atoms with Crippen LogP contribution < -0.4 is 5.56 Å². The van der Waals surface area contributed by atoms with Crippen molar-refractivity contribution in [2.24, 2.45) is 0 Å². The van der Waals surface area contributed by atoms with Gasteiger partial charge in [-0.25, -0.2) is 9.97 Å². The maximum atomic E-state index is 11.8. The van der Waals surface area contributed by atoms with Gasteiger partial charge in [-0.05, 0) is 35.9 Å². The predicted octanol–water partition coefficient (Wildman–Crippen LogP) is 1.82. The van der Waals surface area contributed by atoms with Crippen LogP contribution in [0, 0.1) is 3.57 Å². The number of nitrogens with zero attached hydrogens (tertiary/aromatic N) is 3. The minimum absolute atomic E-state index is 0.0868. The first-order chi connectivity index (χ1) is 8.17. The summed E-state index contributed by atoms with van der Waals surface area (Å²) in [5, 5.41) is 0. The summed E-state index contributed by atoms with van der Waals surface area (Å²) in [7, 11) is 0. The molecule has 2 aromatic rings. The van der Waals surface area contributed by atoms with Crippen molar-refractivity contribution >= 4 is 22.6 Å². The molecule has 0 aromatic carbocycles. The Morgan fingerprint density at radius 1 is 1.47 bits per heavy atom. The molecular weight excluding hydrogens is 331 g/mol. The summed E-state index contributed by atoms with van der Waals surface area (Å²) in [5.41, 5.74) is 1.58. The van der Waals surface area contributed by atoms with Crippen LogP contribution in [0.25, 0.3) is 11.5 Å². The second-order valence-electron chi connectivity index (χ2n) is 3.59. The fraction of sp³-hybridized carbons (Fsp3) is 0.364. The lowest BCUT2D eigenvalue weighted by atomic mass is 10.3. The highest BCUT2D eigenvalue weighted by Gasteiger charge is 2.11. The average molecular weight is 344 g/mol. The third kappa shape index (κ3) is 2.26. The van der Waals surface area contributed by atoms with Gasteiger partial charge in [0.25, 0.3) is 5.56 Å². The zero-order chi connectivity index (χ0) is 12.4. The van der Waals surface area contributed by atoms with Crippen LogP contribution in [0.15, 0.2) is 17.3 Å². The Morgan fingerprint density at radius 3 is 2.88 bits per heavy atom. The molecular formula is C11H13IN4O. The van der Waals surface area contributed by atoms with E-state index in [9.17, 15) is 4.79 Å². The van der Waals surface area contributed by atoms with E-state index in [2.05, 4.69) is 15.0 Å². The van der Waals surface area contributed by atoms with E-state index >= 15 is 0 Å². The molecule has 0 atom stereocenters. The van der Waals surface area contributed by atoms with Crippen LogP contribution in [-0.4, -0.2) is 19.5 Å². The number of halogens is 1. The van der Waals surface area contributed by atoms with Crippen molar-refractivity contribution in [2.75, 3.05) is 0 Å². The second-order valence-corrected chi connectivity index (χ2v) is 4.67. The Hall–Kier alpha value is -1.18. The molecule has 0 unspecified atom stereocenters. The number of H-pyrrole nitrogens is 1. The van der Waals surface area contributed by atoms with E-state index in [1.807, 2.05) is 41.0 Å². The van der Waals surface area contributed by atoms with E-state index in [1.54, 1.807) is 12.5 Å². The summed E-state index contributed by atoms with van der Waals surface area (Å²) >= 11 is 2.03. The number of hydrogen-bond donors (Lipinski definition) is 1. The van der Waals surface area contributed by atoms with Crippen LogP contribution in [0.5, 0.6) is 0 Å². The van der Waals surface area contributed by atoms with Gasteiger partial charge in [0, 0.05) is 6.54 Å². The molecule has 90 valence electrons. The molecule has 0 saturated heterocycles. The predicted molar refractivity (Wildman–Crippen MR) is 73.8 cm³/mol. The number of aromatic amines is 1. The Morgan fingerprint density at radius 2 is 2.24 bits per heavy atom. The molecule has 17 heavy (non-hydrogen) atoms. The smallest absolute Gasteiger partial charge is 0.264 e. The summed E-state index contributed by atoms with van der Waals surface area (Å²) in [4.78, 5) is 23.1. The van der Waals surface area contributed by atoms with Crippen LogP contribution in [-0.2, 0) is 13.0 Å². The van der Waals surface area contributed by atoms with E-state index in [1.165, 1.54) is 0 Å². The van der Waals surface area contributed by atoms with E-state index < -0.39 is 0 Å². The second kappa shape index (κ2) is 4.99. The molecule has 0 radical (unpaired) electrons. The lowest BCUT2D eigenvalue weighted by molar-refractivity contribution is 0.761. The first kappa shape index (κ1) is 12.3. The summed E-state index contributed by atoms with van der Waals surface area (Å²) < 4.78 is 2.61. The van der Waals surface area contributed by atoms with Crippen molar-refractivity contribution in [3.05, 3.63) is 32.1 Å². The maximum absolute atomic E-state index is 11.8. The van der Waals surface area contributed by atoms with Crippen molar-refractivity contribution in [1.82, 2.24) is 19.5 Å². The molecule has 1 N–H and O–H groups in total. The number of aryl methyl sites for hydroxylation is 2. The summed E-state index contributed by atoms with van der Waals surface area (Å²) in [6.45, 7) is 4.81. The van der Waals surface area contributed by atoms with Crippen LogP contribution in [0.3, 0.4) is 0 Å². The van der Waals surface area contributed by atoms with Crippen LogP contribution >= 0.6 is 22.6 Å². The van der Waals surface area contributed by atoms with Crippen LogP contribution in [0.1, 0.15) is 19.5 Å². The number of nitrogens with one attached hydrogen (secondary N) is 1. The molecule has 5 nitrogen and oxygen atoms in total. The highest BCUT2D eigenvalue weighted by molar-refractivity contribution is 14.1. The third-order valence-corrected chi connectivity index (χ3v) is 3.67. The van der Waals surface area contributed by atoms with E-state index in [0.717, 1.165) is 24.4 Å². The van der Waals surface area contributed by atoms with E-state index in [4.69, 9.17) is 0 Å². The zero-order valence-corrected chi connectivity index (χ0v) is 11.9. The standard InChI is InChI=1S/C11H13IN4O/c1-3-7-9(12)11(17)15-10(14-7)8-5-13-6-16(8)4-2/h5-6H,3-4H2,1-2H3,(H,14,15,17). The highest BCUT2D eigenvalue weighted by atomic mass is 127. The number of imidazole rings is 1. The summed E-state index contributed by atoms with van der Waals surface area (Å²) in [6, 6.07) is 0. The molecule has 0 spiro atoms. The molecule has 6 heteroatoms. The van der Waals surface area contributed by atoms with Crippen LogP contribution in [0.4, 0.5) is 0 Å². The third-order valence-electron chi connectivity index (χ3n) is 2.56. The Labute approximate surface area is 112 Å². The molecule has 0 saturated carbocycles. The molecule has 2 heterocycles. The van der Waals surface area contributed by atoms with Gasteiger partial charge in [0.1, 0.15) is 5.69 Å². The quantitative estimate of drug-likeness (QED) is 0.864. The Kier molecular flexibility index (Phi) is 3.60. The van der Waals surface area contributed by atoms with Crippen LogP contribution in [0.2, 0.25) is 0 Å². The van der Waals surface area contributed by atoms with Gasteiger partial charge in [-0.1, -0.05) is 6.92 Å². The first-order valence-electron chi connectivity index (χ1n) is 5.46. The van der Waals surface area contributed by atoms with Gasteiger partial charge in [-0.15, -0.1) is 0 Å². The lowest BCUT2D eigenvalue weighted by Crippen LogP contribution is -2.16. The molecule has 2 rings (SSSR count). The largest absolute Gasteiger partial charge is 0.328 e. The van der Waals surface area contributed by atoms with Gasteiger partial charge in [0.05, 0.1) is 21.8 Å². The zero-order valence-electron chi connectivity index (χ0n) is 9.70. The maximum Gasteiger partial charge on any atom is 0.264 e. The van der Waals surface area contributed by atoms with Gasteiger partial charge in [0.15, 0.2) is 5.82 Å². The summed E-state index contributed by atoms with van der Waals surface area (Å²) in [6.07, 6.45) is 4.20. The van der Waals surface area contributed by atoms with Gasteiger partial charge in [0.2, 0.25) is 0 Å². The monoisotopic (exact) mass is 344 g/mol. The fourth-order valence-corrected chi connectivity index (χ4v) is 2.27. The van der Waals surface area contributed by atoms with E-state index in [0.29, 0.717) is 9.39 Å². The van der Waals surface area contributed by atoms with E-state index in [-0.39, 0.29) is 5.56 Å². The van der Waals surface area contributed by atoms with Crippen molar-refractivity contribution in [3.63, 3.8) is 0 Å². The first-order valence-corrected chi connectivity index (χ1v) is 6.54. The van der Waals surface area contributed by atoms with Crippen molar-refractivity contribution in [3.8, 4) is 11.5 Å². The van der Waals surface area contributed by atoms with Gasteiger partial charge >= 0.3 is 0 Å². The van der Waals surface area contributed by atoms with Crippen molar-refractivity contribution < 1.29 is 0 Å². The topological polar surface area (TPSA) is 63.6 Å². The molecule has 0 aliphatic rings. The van der Waals surface area contributed by atoms with Gasteiger partial charge < -0.3 is 9.55 Å². The molecule has 2 aromatic heterocycles. The number of hydrogen-bond acceptors (Lipinski definition) is 3. The lowest BCUT2D eigenvalue weighted by Gasteiger charge is -2.06. The van der Waals surface area contributed by atoms with Crippen molar-refractivity contribution in [1.29, 1.82) is 0 Å². The number of aromatic nitrogens is 4. The molecule has 0 fully saturated rings. The minimum Gasteiger partial charge on any atom is -0.328 e.